The molecule has 0 bridgehead atoms. The first-order valence-electron chi connectivity index (χ1n) is 6.65. The number of aliphatic imine (C=N–C) groups is 1. The van der Waals surface area contributed by atoms with Crippen molar-refractivity contribution in [3.63, 3.8) is 0 Å². The second-order valence-corrected chi connectivity index (χ2v) is 5.48. The molecule has 2 rings (SSSR count). The Bertz CT molecular complexity index is 629. The van der Waals surface area contributed by atoms with Gasteiger partial charge < -0.3 is 10.2 Å². The second-order valence-electron chi connectivity index (χ2n) is 4.70. The van der Waals surface area contributed by atoms with Gasteiger partial charge in [-0.15, -0.1) is 24.0 Å². The van der Waals surface area contributed by atoms with Crippen LogP contribution < -0.4 is 5.32 Å². The highest BCUT2D eigenvalue weighted by molar-refractivity contribution is 14.0. The lowest BCUT2D eigenvalue weighted by Gasteiger charge is -2.21. The van der Waals surface area contributed by atoms with Crippen LogP contribution in [0.4, 0.5) is 0 Å². The second kappa shape index (κ2) is 9.43. The first kappa shape index (κ1) is 18.5. The summed E-state index contributed by atoms with van der Waals surface area (Å²) >= 11 is 1.70. The smallest absolute Gasteiger partial charge is 0.193 e. The number of benzene rings is 1. The van der Waals surface area contributed by atoms with Crippen LogP contribution >= 0.6 is 35.3 Å². The molecule has 0 aliphatic carbocycles. The number of nitrogens with zero attached hydrogens (tertiary/aromatic N) is 3. The number of nitriles is 1. The summed E-state index contributed by atoms with van der Waals surface area (Å²) in [6, 6.07) is 11.8. The van der Waals surface area contributed by atoms with Gasteiger partial charge in [0.25, 0.3) is 0 Å². The quantitative estimate of drug-likeness (QED) is 0.463. The van der Waals surface area contributed by atoms with E-state index in [-0.39, 0.29) is 24.0 Å². The van der Waals surface area contributed by atoms with E-state index in [1.54, 1.807) is 18.4 Å². The van der Waals surface area contributed by atoms with Crippen molar-refractivity contribution in [2.24, 2.45) is 4.99 Å². The van der Waals surface area contributed by atoms with Crippen LogP contribution in [-0.2, 0) is 13.1 Å². The predicted octanol–water partition coefficient (Wildman–Crippen LogP) is 3.45. The predicted molar refractivity (Wildman–Crippen MR) is 103 cm³/mol. The van der Waals surface area contributed by atoms with Crippen LogP contribution in [0.15, 0.2) is 46.1 Å². The van der Waals surface area contributed by atoms with Gasteiger partial charge in [-0.25, -0.2) is 0 Å². The van der Waals surface area contributed by atoms with Crippen LogP contribution in [-0.4, -0.2) is 25.0 Å². The fourth-order valence-electron chi connectivity index (χ4n) is 1.99. The Morgan fingerprint density at radius 1 is 1.27 bits per heavy atom. The van der Waals surface area contributed by atoms with Gasteiger partial charge in [0.15, 0.2) is 5.96 Å². The van der Waals surface area contributed by atoms with E-state index in [0.29, 0.717) is 12.1 Å². The lowest BCUT2D eigenvalue weighted by Crippen LogP contribution is -2.37. The van der Waals surface area contributed by atoms with Crippen molar-refractivity contribution in [3.05, 3.63) is 57.8 Å². The molecule has 4 nitrogen and oxygen atoms in total. The number of thiophene rings is 1. The number of guanidine groups is 1. The highest BCUT2D eigenvalue weighted by Crippen LogP contribution is 2.09. The van der Waals surface area contributed by atoms with E-state index >= 15 is 0 Å². The summed E-state index contributed by atoms with van der Waals surface area (Å²) in [6.07, 6.45) is 0. The van der Waals surface area contributed by atoms with E-state index in [4.69, 9.17) is 5.26 Å². The lowest BCUT2D eigenvalue weighted by atomic mass is 10.1. The maximum atomic E-state index is 8.79. The molecule has 1 heterocycles. The third-order valence-corrected chi connectivity index (χ3v) is 3.84. The summed E-state index contributed by atoms with van der Waals surface area (Å²) in [5.74, 6) is 0.852. The molecule has 0 saturated carbocycles. The average Bonchev–Trinajstić information content (AvgIpc) is 3.01. The number of hydrogen-bond donors (Lipinski definition) is 1. The third-order valence-electron chi connectivity index (χ3n) is 3.11. The first-order valence-corrected chi connectivity index (χ1v) is 7.59. The fraction of sp³-hybridized carbons (Fsp3) is 0.250. The Kier molecular flexibility index (Phi) is 7.91. The minimum atomic E-state index is 0. The Morgan fingerprint density at radius 2 is 2.00 bits per heavy atom. The van der Waals surface area contributed by atoms with Gasteiger partial charge in [0.05, 0.1) is 11.6 Å². The molecule has 0 spiro atoms. The van der Waals surface area contributed by atoms with E-state index in [0.717, 1.165) is 18.1 Å². The maximum absolute atomic E-state index is 8.79. The molecule has 22 heavy (non-hydrogen) atoms. The van der Waals surface area contributed by atoms with Gasteiger partial charge in [0.2, 0.25) is 0 Å². The van der Waals surface area contributed by atoms with Crippen LogP contribution in [0.25, 0.3) is 0 Å². The highest BCUT2D eigenvalue weighted by Gasteiger charge is 2.06. The molecule has 0 atom stereocenters. The summed E-state index contributed by atoms with van der Waals surface area (Å²) in [7, 11) is 3.80. The van der Waals surface area contributed by atoms with E-state index in [1.807, 2.05) is 31.3 Å². The molecule has 1 N–H and O–H groups in total. The van der Waals surface area contributed by atoms with Gasteiger partial charge in [-0.05, 0) is 40.1 Å². The molecule has 1 aromatic heterocycles. The van der Waals surface area contributed by atoms with Crippen LogP contribution in [0, 0.1) is 11.3 Å². The largest absolute Gasteiger partial charge is 0.352 e. The Morgan fingerprint density at radius 3 is 2.55 bits per heavy atom. The van der Waals surface area contributed by atoms with Crippen molar-refractivity contribution in [1.29, 1.82) is 5.26 Å². The Hall–Kier alpha value is -1.59. The number of hydrogen-bond acceptors (Lipinski definition) is 3. The zero-order chi connectivity index (χ0) is 15.1. The number of nitrogens with one attached hydrogen (secondary N) is 1. The van der Waals surface area contributed by atoms with Crippen molar-refractivity contribution < 1.29 is 0 Å². The molecule has 0 radical (unpaired) electrons. The standard InChI is InChI=1S/C16H18N4S.HI/c1-18-16(20(2)11-15-7-8-21-12-15)19-10-14-5-3-13(9-17)4-6-14;/h3-8,12H,10-11H2,1-2H3,(H,18,19);1H. The summed E-state index contributed by atoms with van der Waals surface area (Å²) in [6.45, 7) is 1.52. The molecular weight excluding hydrogens is 407 g/mol. The molecule has 6 heteroatoms. The molecule has 0 saturated heterocycles. The summed E-state index contributed by atoms with van der Waals surface area (Å²) in [5, 5.41) is 16.3. The van der Waals surface area contributed by atoms with Gasteiger partial charge in [0.1, 0.15) is 0 Å². The van der Waals surface area contributed by atoms with Crippen LogP contribution in [0.3, 0.4) is 0 Å². The highest BCUT2D eigenvalue weighted by atomic mass is 127. The normalized spacial score (nSPS) is 10.5. The molecule has 0 aliphatic rings. The van der Waals surface area contributed by atoms with E-state index < -0.39 is 0 Å². The average molecular weight is 426 g/mol. The van der Waals surface area contributed by atoms with Crippen molar-refractivity contribution in [1.82, 2.24) is 10.2 Å². The minimum Gasteiger partial charge on any atom is -0.352 e. The fourth-order valence-corrected chi connectivity index (χ4v) is 2.65. The topological polar surface area (TPSA) is 51.4 Å². The monoisotopic (exact) mass is 426 g/mol. The van der Waals surface area contributed by atoms with E-state index in [1.165, 1.54) is 5.56 Å². The Labute approximate surface area is 152 Å². The third kappa shape index (κ3) is 5.31. The van der Waals surface area contributed by atoms with Crippen molar-refractivity contribution >= 4 is 41.3 Å². The van der Waals surface area contributed by atoms with Gasteiger partial charge in [-0.3, -0.25) is 4.99 Å². The van der Waals surface area contributed by atoms with Gasteiger partial charge in [-0.1, -0.05) is 12.1 Å². The lowest BCUT2D eigenvalue weighted by molar-refractivity contribution is 0.477. The molecule has 116 valence electrons. The minimum absolute atomic E-state index is 0. The van der Waals surface area contributed by atoms with Crippen LogP contribution in [0.2, 0.25) is 0 Å². The summed E-state index contributed by atoms with van der Waals surface area (Å²) < 4.78 is 0. The van der Waals surface area contributed by atoms with Gasteiger partial charge >= 0.3 is 0 Å². The maximum Gasteiger partial charge on any atom is 0.193 e. The molecule has 0 unspecified atom stereocenters. The van der Waals surface area contributed by atoms with Crippen molar-refractivity contribution in [3.8, 4) is 6.07 Å². The zero-order valence-corrected chi connectivity index (χ0v) is 15.8. The first-order chi connectivity index (χ1) is 10.2. The SMILES string of the molecule is CN=C(NCc1ccc(C#N)cc1)N(C)Cc1ccsc1.I. The zero-order valence-electron chi connectivity index (χ0n) is 12.6. The number of rotatable bonds is 4. The molecule has 0 aliphatic heterocycles. The molecule has 2 aromatic rings. The molecule has 1 aromatic carbocycles. The number of halogens is 1. The van der Waals surface area contributed by atoms with E-state index in [2.05, 4.69) is 38.1 Å². The van der Waals surface area contributed by atoms with Gasteiger partial charge in [-0.2, -0.15) is 16.6 Å². The van der Waals surface area contributed by atoms with Gasteiger partial charge in [0, 0.05) is 27.2 Å². The summed E-state index contributed by atoms with van der Waals surface area (Å²) in [4.78, 5) is 6.39. The van der Waals surface area contributed by atoms with Crippen LogP contribution in [0.5, 0.6) is 0 Å². The van der Waals surface area contributed by atoms with Crippen LogP contribution in [0.1, 0.15) is 16.7 Å². The Balaban J connectivity index is 0.00000242. The van der Waals surface area contributed by atoms with Crippen molar-refractivity contribution in [2.75, 3.05) is 14.1 Å². The van der Waals surface area contributed by atoms with E-state index in [9.17, 15) is 0 Å². The summed E-state index contributed by atoms with van der Waals surface area (Å²) in [5.41, 5.74) is 3.08. The van der Waals surface area contributed by atoms with Crippen molar-refractivity contribution in [2.45, 2.75) is 13.1 Å². The molecular formula is C16H19IN4S. The molecule has 0 fully saturated rings. The molecule has 0 amide bonds.